The van der Waals surface area contributed by atoms with Crippen LogP contribution < -0.4 is 7.87 Å². The van der Waals surface area contributed by atoms with Gasteiger partial charge < -0.3 is 0 Å². The third-order valence-electron chi connectivity index (χ3n) is 0. The van der Waals surface area contributed by atoms with Gasteiger partial charge in [0.25, 0.3) is 0 Å². The summed E-state index contributed by atoms with van der Waals surface area (Å²) in [5.74, 6) is 0. The Balaban J connectivity index is -0.000000107. The molecule has 0 saturated heterocycles. The number of hydrogen-bond donors (Lipinski definition) is 0. The van der Waals surface area contributed by atoms with Gasteiger partial charge in [0, 0.05) is 0 Å². The molecule has 0 N–H and O–H groups in total. The monoisotopic (exact) mass is 470 g/mol. The van der Waals surface area contributed by atoms with Crippen molar-refractivity contribution in [3.05, 3.63) is 0 Å². The van der Waals surface area contributed by atoms with Crippen molar-refractivity contribution in [2.75, 3.05) is 0 Å². The summed E-state index contributed by atoms with van der Waals surface area (Å²) in [6.45, 7) is 0. The first kappa shape index (κ1) is 18.3. The standard InChI is InChI=1S/Ba.8O.2Ru/q+2;;;;;;;2*-1;;. The minimum atomic E-state index is -5.86. The Bertz CT molecular complexity index is 296. The summed E-state index contributed by atoms with van der Waals surface area (Å²) in [5.41, 5.74) is 0. The molecule has 0 bridgehead atoms. The van der Waals surface area contributed by atoms with Crippen molar-refractivity contribution < 1.29 is 59.3 Å². The summed E-state index contributed by atoms with van der Waals surface area (Å²) in [6, 6.07) is 0. The van der Waals surface area contributed by atoms with E-state index >= 15 is 0 Å². The van der Waals surface area contributed by atoms with Crippen molar-refractivity contribution in [3.63, 3.8) is 0 Å². The maximum absolute atomic E-state index is 8.61. The van der Waals surface area contributed by atoms with Gasteiger partial charge in [0.2, 0.25) is 0 Å². The first-order valence-corrected chi connectivity index (χ1v) is 6.83. The molecule has 11 heavy (non-hydrogen) atoms. The maximum atomic E-state index is 8.61. The molecule has 0 aromatic heterocycles. The van der Waals surface area contributed by atoms with Crippen LogP contribution in [0.25, 0.3) is 0 Å². The van der Waals surface area contributed by atoms with Crippen LogP contribution in [0, 0.1) is 0 Å². The minimum absolute atomic E-state index is 0. The average Bonchev–Trinajstić information content (AvgIpc) is 1.12. The Kier molecular flexibility index (Phi) is 11.7. The molecule has 0 aliphatic carbocycles. The van der Waals surface area contributed by atoms with Crippen LogP contribution in [0.15, 0.2) is 0 Å². The normalized spacial score (nSPS) is 10.4. The first-order chi connectivity index (χ1) is 4.00. The van der Waals surface area contributed by atoms with E-state index in [0.29, 0.717) is 0 Å². The van der Waals surface area contributed by atoms with Crippen LogP contribution in [-0.4, -0.2) is 48.9 Å². The summed E-state index contributed by atoms with van der Waals surface area (Å²) in [4.78, 5) is 0. The fourth-order valence-electron chi connectivity index (χ4n) is 0. The molecule has 0 aromatic carbocycles. The molecule has 0 aromatic rings. The summed E-state index contributed by atoms with van der Waals surface area (Å²) in [6.07, 6.45) is 0. The van der Waals surface area contributed by atoms with Crippen molar-refractivity contribution in [1.29, 1.82) is 0 Å². The SMILES string of the molecule is [Ba+2].[O]=[Ru](=[O])(=[O])[O-].[O]=[Ru](=[O])(=[O])[O-]. The van der Waals surface area contributed by atoms with Crippen LogP contribution in [-0.2, 0) is 51.4 Å². The molecule has 0 aliphatic heterocycles. The quantitative estimate of drug-likeness (QED) is 0.334. The molecule has 0 aliphatic rings. The second-order valence-corrected chi connectivity index (χ2v) is 4.18. The van der Waals surface area contributed by atoms with Gasteiger partial charge >= 0.3 is 108 Å². The molecule has 0 amide bonds. The zero-order valence-corrected chi connectivity index (χ0v) is 12.6. The zero-order valence-electron chi connectivity index (χ0n) is 4.68. The fraction of sp³-hybridized carbons (Fsp3) is 0. The number of hydrogen-bond acceptors (Lipinski definition) is 8. The van der Waals surface area contributed by atoms with E-state index in [-0.39, 0.29) is 48.9 Å². The Hall–Kier alpha value is 1.54. The van der Waals surface area contributed by atoms with E-state index in [4.69, 9.17) is 29.3 Å². The van der Waals surface area contributed by atoms with Gasteiger partial charge in [-0.25, -0.2) is 0 Å². The molecular weight excluding hydrogens is 467 g/mol. The van der Waals surface area contributed by atoms with Gasteiger partial charge in [0.1, 0.15) is 0 Å². The van der Waals surface area contributed by atoms with Crippen molar-refractivity contribution in [1.82, 2.24) is 0 Å². The van der Waals surface area contributed by atoms with Crippen LogP contribution in [0.5, 0.6) is 0 Å². The molecular formula is BaO8Ru2. The van der Waals surface area contributed by atoms with E-state index in [0.717, 1.165) is 0 Å². The van der Waals surface area contributed by atoms with Gasteiger partial charge in [-0.3, -0.25) is 0 Å². The zero-order chi connectivity index (χ0) is 9.00. The van der Waals surface area contributed by atoms with Gasteiger partial charge in [0.05, 0.1) is 0 Å². The van der Waals surface area contributed by atoms with Crippen molar-refractivity contribution >= 4 is 48.9 Å². The number of rotatable bonds is 0. The average molecular weight is 467 g/mol. The predicted molar refractivity (Wildman–Crippen MR) is 9.87 cm³/mol. The first-order valence-electron chi connectivity index (χ1n) is 1.15. The molecule has 0 fully saturated rings. The molecule has 0 saturated carbocycles. The van der Waals surface area contributed by atoms with Crippen LogP contribution >= 0.6 is 0 Å². The molecule has 0 spiro atoms. The molecule has 8 nitrogen and oxygen atoms in total. The van der Waals surface area contributed by atoms with Crippen LogP contribution in [0.3, 0.4) is 0 Å². The van der Waals surface area contributed by atoms with Gasteiger partial charge in [0.15, 0.2) is 0 Å². The summed E-state index contributed by atoms with van der Waals surface area (Å²) in [5, 5.41) is 0. The van der Waals surface area contributed by atoms with E-state index < -0.39 is 30.0 Å². The van der Waals surface area contributed by atoms with Gasteiger partial charge in [-0.2, -0.15) is 0 Å². The van der Waals surface area contributed by atoms with Gasteiger partial charge in [-0.05, 0) is 0 Å². The van der Waals surface area contributed by atoms with E-state index in [1.807, 2.05) is 0 Å². The predicted octanol–water partition coefficient (Wildman–Crippen LogP) is -3.48. The van der Waals surface area contributed by atoms with Crippen molar-refractivity contribution in [2.24, 2.45) is 0 Å². The Labute approximate surface area is 106 Å². The Morgan fingerprint density at radius 1 is 0.636 bits per heavy atom. The van der Waals surface area contributed by atoms with Crippen molar-refractivity contribution in [3.8, 4) is 0 Å². The molecule has 11 heteroatoms. The van der Waals surface area contributed by atoms with Crippen LogP contribution in [0.4, 0.5) is 0 Å². The topological polar surface area (TPSA) is 149 Å². The second kappa shape index (κ2) is 6.99. The Morgan fingerprint density at radius 2 is 0.636 bits per heavy atom. The molecule has 0 unspecified atom stereocenters. The van der Waals surface area contributed by atoms with Gasteiger partial charge in [-0.15, -0.1) is 0 Å². The van der Waals surface area contributed by atoms with Crippen LogP contribution in [0.2, 0.25) is 0 Å². The molecule has 0 atom stereocenters. The summed E-state index contributed by atoms with van der Waals surface area (Å²) in [7, 11) is 0. The summed E-state index contributed by atoms with van der Waals surface area (Å²) < 4.78 is 68.9. The second-order valence-electron chi connectivity index (χ2n) is 0.707. The Morgan fingerprint density at radius 3 is 0.636 bits per heavy atom. The summed E-state index contributed by atoms with van der Waals surface area (Å²) >= 11 is -11.7. The fourth-order valence-corrected chi connectivity index (χ4v) is 0. The van der Waals surface area contributed by atoms with E-state index in [9.17, 15) is 0 Å². The van der Waals surface area contributed by atoms with E-state index in [2.05, 4.69) is 0 Å². The van der Waals surface area contributed by atoms with E-state index in [1.54, 1.807) is 0 Å². The molecule has 0 radical (unpaired) electrons. The molecule has 0 rings (SSSR count). The third kappa shape index (κ3) is 444. The molecule has 0 heterocycles. The van der Waals surface area contributed by atoms with Crippen molar-refractivity contribution in [2.45, 2.75) is 0 Å². The van der Waals surface area contributed by atoms with Crippen LogP contribution in [0.1, 0.15) is 0 Å². The van der Waals surface area contributed by atoms with E-state index in [1.165, 1.54) is 0 Å². The van der Waals surface area contributed by atoms with Gasteiger partial charge in [-0.1, -0.05) is 0 Å². The third-order valence-corrected chi connectivity index (χ3v) is 0. The molecule has 66 valence electrons.